The molecule has 1 saturated heterocycles. The number of carbonyl (C=O) groups excluding carboxylic acids is 3. The van der Waals surface area contributed by atoms with Crippen LogP contribution in [0, 0.1) is 5.92 Å². The molecule has 0 saturated carbocycles. The Balaban J connectivity index is 0.000000609. The number of rotatable bonds is 3. The largest absolute Gasteiger partial charge is 0.446 e. The molecule has 9 nitrogen and oxygen atoms in total. The number of aryl methyl sites for hydroxylation is 2. The molecular weight excluding hydrogens is 609 g/mol. The summed E-state index contributed by atoms with van der Waals surface area (Å²) in [4.78, 5) is 45.5. The topological polar surface area (TPSA) is 116 Å². The Morgan fingerprint density at radius 3 is 2.49 bits per heavy atom. The van der Waals surface area contributed by atoms with Gasteiger partial charge in [-0.25, -0.2) is 4.98 Å². The summed E-state index contributed by atoms with van der Waals surface area (Å²) in [7, 11) is 0. The highest BCUT2D eigenvalue weighted by Crippen LogP contribution is 2.30. The smallest absolute Gasteiger partial charge is 0.339 e. The average Bonchev–Trinajstić information content (AvgIpc) is 3.53. The van der Waals surface area contributed by atoms with Gasteiger partial charge in [0.1, 0.15) is 5.02 Å². The molecule has 3 N–H and O–H groups in total. The van der Waals surface area contributed by atoms with Gasteiger partial charge < -0.3 is 20.9 Å². The Morgan fingerprint density at radius 1 is 0.978 bits per heavy atom. The SMILES string of the molecule is O=C(Nc1ccc2cc1CCc1cccc(c1)Nc1ncc(Cl)c(n1)N2)[C@@H]1CCN(C(=O)c2ccccc2)C1.O=CC(F)(F)F. The lowest BCUT2D eigenvalue weighted by molar-refractivity contribution is -0.156. The molecule has 1 fully saturated rings. The van der Waals surface area contributed by atoms with E-state index in [1.165, 1.54) is 0 Å². The number of aldehydes is 1. The number of hydrogen-bond donors (Lipinski definition) is 3. The van der Waals surface area contributed by atoms with Crippen molar-refractivity contribution < 1.29 is 27.6 Å². The summed E-state index contributed by atoms with van der Waals surface area (Å²) >= 11 is 6.38. The first-order chi connectivity index (χ1) is 21.6. The van der Waals surface area contributed by atoms with Crippen LogP contribution in [0.5, 0.6) is 0 Å². The molecule has 232 valence electrons. The average molecular weight is 637 g/mol. The second-order valence-corrected chi connectivity index (χ2v) is 10.9. The van der Waals surface area contributed by atoms with E-state index in [1.54, 1.807) is 23.2 Å². The normalized spacial score (nSPS) is 15.5. The molecule has 6 bridgehead atoms. The van der Waals surface area contributed by atoms with Crippen LogP contribution in [0.4, 0.5) is 42.0 Å². The third-order valence-corrected chi connectivity index (χ3v) is 7.51. The van der Waals surface area contributed by atoms with Crippen molar-refractivity contribution in [3.8, 4) is 0 Å². The summed E-state index contributed by atoms with van der Waals surface area (Å²) in [5.41, 5.74) is 5.23. The van der Waals surface area contributed by atoms with Gasteiger partial charge in [-0.3, -0.25) is 14.4 Å². The number of aromatic nitrogens is 2. The van der Waals surface area contributed by atoms with Crippen molar-refractivity contribution in [2.24, 2.45) is 5.92 Å². The lowest BCUT2D eigenvalue weighted by Crippen LogP contribution is -2.31. The lowest BCUT2D eigenvalue weighted by atomic mass is 10.0. The predicted molar refractivity (Wildman–Crippen MR) is 165 cm³/mol. The van der Waals surface area contributed by atoms with Gasteiger partial charge in [-0.15, -0.1) is 0 Å². The third kappa shape index (κ3) is 8.36. The van der Waals surface area contributed by atoms with Gasteiger partial charge in [0.05, 0.1) is 12.1 Å². The fraction of sp³-hybridized carbons (Fsp3) is 0.219. The molecule has 6 rings (SSSR count). The fourth-order valence-electron chi connectivity index (χ4n) is 5.02. The van der Waals surface area contributed by atoms with Crippen molar-refractivity contribution in [2.45, 2.75) is 25.4 Å². The molecule has 4 aromatic rings. The molecule has 3 heterocycles. The number of carbonyl (C=O) groups is 3. The first kappa shape index (κ1) is 31.5. The van der Waals surface area contributed by atoms with Crippen LogP contribution in [0.25, 0.3) is 0 Å². The Labute approximate surface area is 261 Å². The van der Waals surface area contributed by atoms with Gasteiger partial charge in [-0.1, -0.05) is 41.9 Å². The fourth-order valence-corrected chi connectivity index (χ4v) is 5.16. The minimum atomic E-state index is -4.64. The molecule has 13 heteroatoms. The zero-order valence-corrected chi connectivity index (χ0v) is 24.5. The van der Waals surface area contributed by atoms with Crippen LogP contribution >= 0.6 is 11.6 Å². The monoisotopic (exact) mass is 636 g/mol. The molecule has 2 amide bonds. The molecule has 45 heavy (non-hydrogen) atoms. The Bertz CT molecular complexity index is 1700. The summed E-state index contributed by atoms with van der Waals surface area (Å²) < 4.78 is 31.2. The second kappa shape index (κ2) is 13.8. The Kier molecular flexibility index (Phi) is 9.62. The van der Waals surface area contributed by atoms with Crippen molar-refractivity contribution in [2.75, 3.05) is 29.0 Å². The molecule has 0 radical (unpaired) electrons. The van der Waals surface area contributed by atoms with E-state index < -0.39 is 12.5 Å². The molecule has 1 aromatic heterocycles. The number of hydrogen-bond acceptors (Lipinski definition) is 7. The summed E-state index contributed by atoms with van der Waals surface area (Å²) in [6, 6.07) is 23.1. The van der Waals surface area contributed by atoms with Crippen LogP contribution in [0.1, 0.15) is 27.9 Å². The molecule has 0 aliphatic carbocycles. The summed E-state index contributed by atoms with van der Waals surface area (Å²) in [5, 5.41) is 10.1. The van der Waals surface area contributed by atoms with Gasteiger partial charge in [0.25, 0.3) is 5.91 Å². The van der Waals surface area contributed by atoms with Gasteiger partial charge in [-0.2, -0.15) is 18.2 Å². The van der Waals surface area contributed by atoms with E-state index in [0.717, 1.165) is 41.0 Å². The van der Waals surface area contributed by atoms with Crippen molar-refractivity contribution in [1.29, 1.82) is 0 Å². The number of anilines is 5. The lowest BCUT2D eigenvalue weighted by Gasteiger charge is -2.18. The molecule has 2 aliphatic heterocycles. The number of nitrogens with one attached hydrogen (secondary N) is 3. The van der Waals surface area contributed by atoms with Crippen molar-refractivity contribution in [1.82, 2.24) is 14.9 Å². The Morgan fingerprint density at radius 2 is 1.73 bits per heavy atom. The van der Waals surface area contributed by atoms with E-state index in [9.17, 15) is 22.8 Å². The minimum Gasteiger partial charge on any atom is -0.339 e. The molecule has 0 unspecified atom stereocenters. The van der Waals surface area contributed by atoms with E-state index in [1.807, 2.05) is 48.5 Å². The van der Waals surface area contributed by atoms with E-state index in [4.69, 9.17) is 16.4 Å². The van der Waals surface area contributed by atoms with Crippen molar-refractivity contribution >= 4 is 58.5 Å². The zero-order chi connectivity index (χ0) is 32.0. The second-order valence-electron chi connectivity index (χ2n) is 10.5. The van der Waals surface area contributed by atoms with Crippen LogP contribution in [0.2, 0.25) is 5.02 Å². The third-order valence-electron chi connectivity index (χ3n) is 7.24. The summed E-state index contributed by atoms with van der Waals surface area (Å²) in [5.74, 6) is 0.550. The maximum Gasteiger partial charge on any atom is 0.446 e. The first-order valence-corrected chi connectivity index (χ1v) is 14.4. The van der Waals surface area contributed by atoms with Gasteiger partial charge >= 0.3 is 6.18 Å². The molecular formula is C32H28ClF3N6O3. The van der Waals surface area contributed by atoms with Crippen LogP contribution in [0.15, 0.2) is 79.0 Å². The van der Waals surface area contributed by atoms with Crippen LogP contribution in [0.3, 0.4) is 0 Å². The highest BCUT2D eigenvalue weighted by atomic mass is 35.5. The number of likely N-dealkylation sites (tertiary alicyclic amines) is 1. The van der Waals surface area contributed by atoms with Crippen LogP contribution in [-0.2, 0) is 22.4 Å². The Hall–Kier alpha value is -4.97. The van der Waals surface area contributed by atoms with Gasteiger partial charge in [0.15, 0.2) is 5.82 Å². The standard InChI is InChI=1S/C30H27ClN6O2.C2HF3O/c31-25-17-32-30-34-23-8-4-5-19(15-23)9-10-21-16-24(33-27(25)36-30)11-12-26(21)35-28(38)22-13-14-37(18-22)29(39)20-6-2-1-3-7-20;3-2(4,5)1-6/h1-8,11-12,15-17,22H,9-10,13-14,18H2,(H,35,38)(H2,32,33,34,36);1H/t22-;/m1./s1. The quantitative estimate of drug-likeness (QED) is 0.218. The van der Waals surface area contributed by atoms with Crippen LogP contribution < -0.4 is 16.0 Å². The number of benzene rings is 3. The summed E-state index contributed by atoms with van der Waals surface area (Å²) in [6.45, 7) is 0.969. The first-order valence-electron chi connectivity index (χ1n) is 14.0. The van der Waals surface area contributed by atoms with Gasteiger partial charge in [0, 0.05) is 35.7 Å². The maximum absolute atomic E-state index is 13.3. The van der Waals surface area contributed by atoms with Crippen LogP contribution in [-0.4, -0.2) is 52.2 Å². The van der Waals surface area contributed by atoms with E-state index >= 15 is 0 Å². The summed E-state index contributed by atoms with van der Waals surface area (Å²) in [6.07, 6.45) is -2.01. The van der Waals surface area contributed by atoms with Crippen molar-refractivity contribution in [3.05, 3.63) is 101 Å². The van der Waals surface area contributed by atoms with E-state index in [2.05, 4.69) is 38.1 Å². The van der Waals surface area contributed by atoms with Gasteiger partial charge in [0.2, 0.25) is 18.1 Å². The van der Waals surface area contributed by atoms with Crippen molar-refractivity contribution in [3.63, 3.8) is 0 Å². The highest BCUT2D eigenvalue weighted by Gasteiger charge is 2.32. The molecule has 3 aromatic carbocycles. The van der Waals surface area contributed by atoms with E-state index in [0.29, 0.717) is 41.9 Å². The molecule has 1 atom stereocenters. The minimum absolute atomic E-state index is 0.0392. The van der Waals surface area contributed by atoms with Gasteiger partial charge in [-0.05, 0) is 72.9 Å². The highest BCUT2D eigenvalue weighted by molar-refractivity contribution is 6.32. The molecule has 2 aliphatic rings. The van der Waals surface area contributed by atoms with E-state index in [-0.39, 0.29) is 17.7 Å². The zero-order valence-electron chi connectivity index (χ0n) is 23.8. The number of alkyl halides is 3. The predicted octanol–water partition coefficient (Wildman–Crippen LogP) is 6.56. The number of halogens is 4. The number of nitrogens with zero attached hydrogens (tertiary/aromatic N) is 3. The maximum atomic E-state index is 13.3. The molecule has 0 spiro atoms. The number of fused-ring (bicyclic) bond motifs is 6. The number of amides is 2.